The Morgan fingerprint density at radius 3 is 2.81 bits per heavy atom. The zero-order valence-corrected chi connectivity index (χ0v) is 20.0. The van der Waals surface area contributed by atoms with Gasteiger partial charge in [-0.1, -0.05) is 23.1 Å². The molecule has 1 aliphatic carbocycles. The van der Waals surface area contributed by atoms with Gasteiger partial charge in [0.1, 0.15) is 5.75 Å². The van der Waals surface area contributed by atoms with Crippen LogP contribution < -0.4 is 15.4 Å². The van der Waals surface area contributed by atoms with E-state index in [1.165, 1.54) is 39.5 Å². The third kappa shape index (κ3) is 5.90. The van der Waals surface area contributed by atoms with E-state index >= 15 is 0 Å². The van der Waals surface area contributed by atoms with Crippen molar-refractivity contribution >= 4 is 49.8 Å². The van der Waals surface area contributed by atoms with Crippen LogP contribution in [0.2, 0.25) is 0 Å². The first-order chi connectivity index (χ1) is 15.5. The lowest BCUT2D eigenvalue weighted by molar-refractivity contribution is -0.113. The smallest absolute Gasteiger partial charge is 0.243 e. The Morgan fingerprint density at radius 1 is 1.31 bits per heavy atom. The molecule has 1 aromatic carbocycles. The average Bonchev–Trinajstić information content (AvgIpc) is 3.49. The van der Waals surface area contributed by atoms with Gasteiger partial charge in [-0.2, -0.15) is 4.31 Å². The van der Waals surface area contributed by atoms with Crippen molar-refractivity contribution in [3.8, 4) is 5.75 Å². The van der Waals surface area contributed by atoms with E-state index in [0.29, 0.717) is 54.7 Å². The Morgan fingerprint density at radius 2 is 2.09 bits per heavy atom. The molecule has 174 valence electrons. The van der Waals surface area contributed by atoms with Crippen LogP contribution in [-0.2, 0) is 19.6 Å². The summed E-state index contributed by atoms with van der Waals surface area (Å²) >= 11 is 2.69. The molecule has 10 nitrogen and oxygen atoms in total. The Labute approximate surface area is 195 Å². The molecule has 32 heavy (non-hydrogen) atoms. The molecule has 0 radical (unpaired) electrons. The summed E-state index contributed by atoms with van der Waals surface area (Å²) < 4.78 is 38.9. The van der Waals surface area contributed by atoms with E-state index in [4.69, 9.17) is 9.47 Å². The number of carbonyl (C=O) groups is 1. The van der Waals surface area contributed by atoms with Crippen molar-refractivity contribution in [3.63, 3.8) is 0 Å². The fourth-order valence-electron chi connectivity index (χ4n) is 3.03. The van der Waals surface area contributed by atoms with Crippen LogP contribution in [0, 0.1) is 0 Å². The lowest BCUT2D eigenvalue weighted by atomic mass is 10.3. The second-order valence-electron chi connectivity index (χ2n) is 7.24. The number of carbonyl (C=O) groups excluding carboxylic acids is 1. The van der Waals surface area contributed by atoms with E-state index in [2.05, 4.69) is 20.8 Å². The van der Waals surface area contributed by atoms with Gasteiger partial charge in [-0.25, -0.2) is 8.42 Å². The molecule has 2 heterocycles. The van der Waals surface area contributed by atoms with Gasteiger partial charge in [-0.3, -0.25) is 4.79 Å². The molecular formula is C19H25N5O5S3. The van der Waals surface area contributed by atoms with Gasteiger partial charge in [-0.15, -0.1) is 10.2 Å². The Kier molecular flexibility index (Phi) is 7.51. The molecule has 0 unspecified atom stereocenters. The van der Waals surface area contributed by atoms with Crippen molar-refractivity contribution in [1.82, 2.24) is 14.5 Å². The SMILES string of the molecule is CCOc1ccc(S(=O)(=O)N2CCOCC2)cc1NC(=O)CSc1nnc(NC2CC2)s1. The van der Waals surface area contributed by atoms with E-state index in [1.54, 1.807) is 6.07 Å². The van der Waals surface area contributed by atoms with Crippen molar-refractivity contribution in [2.75, 3.05) is 49.3 Å². The van der Waals surface area contributed by atoms with E-state index in [1.807, 2.05) is 6.92 Å². The maximum absolute atomic E-state index is 13.0. The standard InChI is InChI=1S/C19H25N5O5S3/c1-2-29-16-6-5-14(32(26,27)24-7-9-28-10-8-24)11-15(16)21-17(25)12-30-19-23-22-18(31-19)20-13-3-4-13/h5-6,11,13H,2-4,7-10,12H2,1H3,(H,20,22)(H,21,25). The van der Waals surface area contributed by atoms with Crippen LogP contribution >= 0.6 is 23.1 Å². The van der Waals surface area contributed by atoms with Crippen molar-refractivity contribution < 1.29 is 22.7 Å². The normalized spacial score (nSPS) is 17.2. The number of hydrogen-bond acceptors (Lipinski definition) is 10. The van der Waals surface area contributed by atoms with Crippen LogP contribution in [-0.4, -0.2) is 73.5 Å². The average molecular weight is 500 g/mol. The minimum atomic E-state index is -3.69. The molecule has 2 aliphatic rings. The first-order valence-corrected chi connectivity index (χ1v) is 13.6. The minimum absolute atomic E-state index is 0.103. The summed E-state index contributed by atoms with van der Waals surface area (Å²) in [6.45, 7) is 3.53. The number of benzene rings is 1. The van der Waals surface area contributed by atoms with Crippen molar-refractivity contribution in [2.24, 2.45) is 0 Å². The van der Waals surface area contributed by atoms with Crippen LogP contribution in [0.1, 0.15) is 19.8 Å². The van der Waals surface area contributed by atoms with E-state index in [9.17, 15) is 13.2 Å². The molecule has 1 aromatic heterocycles. The number of morpholine rings is 1. The summed E-state index contributed by atoms with van der Waals surface area (Å²) in [6.07, 6.45) is 2.29. The van der Waals surface area contributed by atoms with E-state index in [0.717, 1.165) is 18.0 Å². The number of hydrogen-bond donors (Lipinski definition) is 2. The first kappa shape index (κ1) is 23.2. The van der Waals surface area contributed by atoms with E-state index < -0.39 is 10.0 Å². The van der Waals surface area contributed by atoms with E-state index in [-0.39, 0.29) is 16.6 Å². The second kappa shape index (κ2) is 10.3. The molecule has 0 atom stereocenters. The molecule has 0 spiro atoms. The number of sulfonamides is 1. The predicted octanol–water partition coefficient (Wildman–Crippen LogP) is 2.26. The highest BCUT2D eigenvalue weighted by atomic mass is 32.2. The third-order valence-corrected chi connectivity index (χ3v) is 8.65. The van der Waals surface area contributed by atoms with Gasteiger partial charge < -0.3 is 20.1 Å². The highest BCUT2D eigenvalue weighted by Crippen LogP contribution is 2.32. The molecule has 1 amide bonds. The second-order valence-corrected chi connectivity index (χ2v) is 11.4. The highest BCUT2D eigenvalue weighted by molar-refractivity contribution is 8.01. The largest absolute Gasteiger partial charge is 0.492 e. The summed E-state index contributed by atoms with van der Waals surface area (Å²) in [6, 6.07) is 5.00. The van der Waals surface area contributed by atoms with Crippen molar-refractivity contribution in [3.05, 3.63) is 18.2 Å². The zero-order valence-electron chi connectivity index (χ0n) is 17.6. The molecule has 1 saturated carbocycles. The summed E-state index contributed by atoms with van der Waals surface area (Å²) in [5, 5.41) is 15.0. The molecule has 1 aliphatic heterocycles. The number of nitrogens with zero attached hydrogens (tertiary/aromatic N) is 3. The number of nitrogens with one attached hydrogen (secondary N) is 2. The van der Waals surface area contributed by atoms with Crippen LogP contribution in [0.4, 0.5) is 10.8 Å². The van der Waals surface area contributed by atoms with Crippen LogP contribution in [0.5, 0.6) is 5.75 Å². The molecule has 13 heteroatoms. The zero-order chi connectivity index (χ0) is 22.6. The topological polar surface area (TPSA) is 123 Å². The van der Waals surface area contributed by atoms with Gasteiger partial charge in [0.15, 0.2) is 4.34 Å². The molecular weight excluding hydrogens is 474 g/mol. The Bertz CT molecular complexity index is 1050. The molecule has 4 rings (SSSR count). The quantitative estimate of drug-likeness (QED) is 0.474. The first-order valence-electron chi connectivity index (χ1n) is 10.3. The van der Waals surface area contributed by atoms with Crippen LogP contribution in [0.15, 0.2) is 27.4 Å². The summed E-state index contributed by atoms with van der Waals surface area (Å²) in [5.74, 6) is 0.242. The molecule has 2 N–H and O–H groups in total. The number of thioether (sulfide) groups is 1. The monoisotopic (exact) mass is 499 g/mol. The lowest BCUT2D eigenvalue weighted by Gasteiger charge is -2.26. The van der Waals surface area contributed by atoms with Crippen molar-refractivity contribution in [1.29, 1.82) is 0 Å². The van der Waals surface area contributed by atoms with Crippen molar-refractivity contribution in [2.45, 2.75) is 35.0 Å². The number of rotatable bonds is 10. The Balaban J connectivity index is 1.42. The lowest BCUT2D eigenvalue weighted by Crippen LogP contribution is -2.40. The maximum Gasteiger partial charge on any atom is 0.243 e. The number of anilines is 2. The highest BCUT2D eigenvalue weighted by Gasteiger charge is 2.27. The van der Waals surface area contributed by atoms with Crippen LogP contribution in [0.25, 0.3) is 0 Å². The minimum Gasteiger partial charge on any atom is -0.492 e. The Hall–Kier alpha value is -1.93. The number of ether oxygens (including phenoxy) is 2. The van der Waals surface area contributed by atoms with Gasteiger partial charge in [0.25, 0.3) is 0 Å². The fourth-order valence-corrected chi connectivity index (χ4v) is 6.09. The molecule has 2 fully saturated rings. The third-order valence-electron chi connectivity index (χ3n) is 4.77. The molecule has 1 saturated heterocycles. The molecule has 2 aromatic rings. The fraction of sp³-hybridized carbons (Fsp3) is 0.526. The van der Waals surface area contributed by atoms with Gasteiger partial charge in [-0.05, 0) is 38.0 Å². The van der Waals surface area contributed by atoms with Gasteiger partial charge in [0.2, 0.25) is 21.1 Å². The van der Waals surface area contributed by atoms with Gasteiger partial charge >= 0.3 is 0 Å². The summed E-state index contributed by atoms with van der Waals surface area (Å²) in [5.41, 5.74) is 0.320. The van der Waals surface area contributed by atoms with Gasteiger partial charge in [0, 0.05) is 19.1 Å². The maximum atomic E-state index is 13.0. The number of amides is 1. The summed E-state index contributed by atoms with van der Waals surface area (Å²) in [4.78, 5) is 12.7. The predicted molar refractivity (Wildman–Crippen MR) is 123 cm³/mol. The summed E-state index contributed by atoms with van der Waals surface area (Å²) in [7, 11) is -3.69. The van der Waals surface area contributed by atoms with Crippen LogP contribution in [0.3, 0.4) is 0 Å². The number of aromatic nitrogens is 2. The van der Waals surface area contributed by atoms with Gasteiger partial charge in [0.05, 0.1) is 36.2 Å². The molecule has 0 bridgehead atoms.